The standard InChI is InChI=1S/C19H22N2O3S/c1-3-25(23,24)17-10-8-16(9-11-17)20-13-19(22)21-14(2)12-15-6-4-5-7-18(15)21/h4-11,14,20H,3,12-13H2,1-2H3/t14-/m1/s1. The molecule has 0 fully saturated rings. The smallest absolute Gasteiger partial charge is 0.246 e. The summed E-state index contributed by atoms with van der Waals surface area (Å²) >= 11 is 0. The molecule has 1 heterocycles. The lowest BCUT2D eigenvalue weighted by atomic mass is 10.1. The highest BCUT2D eigenvalue weighted by molar-refractivity contribution is 7.91. The van der Waals surface area contributed by atoms with Crippen molar-refractivity contribution in [1.82, 2.24) is 0 Å². The second kappa shape index (κ2) is 6.88. The van der Waals surface area contributed by atoms with E-state index in [1.54, 1.807) is 31.2 Å². The summed E-state index contributed by atoms with van der Waals surface area (Å²) in [6, 6.07) is 14.6. The van der Waals surface area contributed by atoms with Crippen molar-refractivity contribution < 1.29 is 13.2 Å². The first-order chi connectivity index (χ1) is 11.9. The number of hydrogen-bond donors (Lipinski definition) is 1. The molecule has 1 atom stereocenters. The van der Waals surface area contributed by atoms with Crippen LogP contribution in [0.2, 0.25) is 0 Å². The molecule has 5 nitrogen and oxygen atoms in total. The van der Waals surface area contributed by atoms with E-state index in [9.17, 15) is 13.2 Å². The number of hydrogen-bond acceptors (Lipinski definition) is 4. The Labute approximate surface area is 148 Å². The molecule has 0 spiro atoms. The fourth-order valence-corrected chi connectivity index (χ4v) is 4.04. The Morgan fingerprint density at radius 1 is 1.16 bits per heavy atom. The molecule has 0 aromatic heterocycles. The molecule has 6 heteroatoms. The molecule has 25 heavy (non-hydrogen) atoms. The van der Waals surface area contributed by atoms with Gasteiger partial charge in [-0.15, -0.1) is 0 Å². The number of sulfone groups is 1. The fourth-order valence-electron chi connectivity index (χ4n) is 3.16. The van der Waals surface area contributed by atoms with Crippen molar-refractivity contribution in [3.05, 3.63) is 54.1 Å². The Kier molecular flexibility index (Phi) is 4.81. The number of amides is 1. The molecular formula is C19H22N2O3S. The van der Waals surface area contributed by atoms with E-state index in [-0.39, 0.29) is 24.2 Å². The van der Waals surface area contributed by atoms with Crippen molar-refractivity contribution >= 4 is 27.1 Å². The lowest BCUT2D eigenvalue weighted by Gasteiger charge is -2.23. The third kappa shape index (κ3) is 3.54. The van der Waals surface area contributed by atoms with Crippen LogP contribution in [0, 0.1) is 0 Å². The second-order valence-corrected chi connectivity index (χ2v) is 8.51. The predicted octanol–water partition coefficient (Wildman–Crippen LogP) is 2.87. The van der Waals surface area contributed by atoms with Gasteiger partial charge in [0, 0.05) is 17.4 Å². The van der Waals surface area contributed by atoms with Crippen molar-refractivity contribution in [1.29, 1.82) is 0 Å². The molecule has 0 bridgehead atoms. The van der Waals surface area contributed by atoms with Crippen LogP contribution in [-0.4, -0.2) is 32.7 Å². The van der Waals surface area contributed by atoms with Gasteiger partial charge in [0.25, 0.3) is 0 Å². The first kappa shape index (κ1) is 17.5. The molecule has 1 N–H and O–H groups in total. The van der Waals surface area contributed by atoms with Gasteiger partial charge in [0.15, 0.2) is 9.84 Å². The molecule has 132 valence electrons. The summed E-state index contributed by atoms with van der Waals surface area (Å²) in [4.78, 5) is 14.8. The molecule has 0 saturated heterocycles. The number of para-hydroxylation sites is 1. The highest BCUT2D eigenvalue weighted by atomic mass is 32.2. The Morgan fingerprint density at radius 2 is 1.84 bits per heavy atom. The number of carbonyl (C=O) groups excluding carboxylic acids is 1. The average molecular weight is 358 g/mol. The molecule has 2 aromatic rings. The minimum Gasteiger partial charge on any atom is -0.376 e. The van der Waals surface area contributed by atoms with Crippen LogP contribution in [0.15, 0.2) is 53.4 Å². The fraction of sp³-hybridized carbons (Fsp3) is 0.316. The quantitative estimate of drug-likeness (QED) is 0.892. The van der Waals surface area contributed by atoms with Gasteiger partial charge >= 0.3 is 0 Å². The van der Waals surface area contributed by atoms with Crippen LogP contribution < -0.4 is 10.2 Å². The van der Waals surface area contributed by atoms with Gasteiger partial charge in [0.2, 0.25) is 5.91 Å². The summed E-state index contributed by atoms with van der Waals surface area (Å²) in [5.41, 5.74) is 2.90. The maximum Gasteiger partial charge on any atom is 0.246 e. The minimum atomic E-state index is -3.20. The molecule has 2 aromatic carbocycles. The summed E-state index contributed by atoms with van der Waals surface area (Å²) in [5, 5.41) is 3.08. The van der Waals surface area contributed by atoms with Crippen LogP contribution in [0.25, 0.3) is 0 Å². The normalized spacial score (nSPS) is 16.6. The molecule has 3 rings (SSSR count). The van der Waals surface area contributed by atoms with Crippen LogP contribution in [-0.2, 0) is 21.1 Å². The molecule has 1 aliphatic rings. The van der Waals surface area contributed by atoms with Gasteiger partial charge in [-0.3, -0.25) is 4.79 Å². The van der Waals surface area contributed by atoms with Crippen LogP contribution in [0.4, 0.5) is 11.4 Å². The summed E-state index contributed by atoms with van der Waals surface area (Å²) in [6.07, 6.45) is 0.867. The number of rotatable bonds is 5. The minimum absolute atomic E-state index is 0.00251. The highest BCUT2D eigenvalue weighted by Gasteiger charge is 2.30. The second-order valence-electron chi connectivity index (χ2n) is 6.23. The van der Waals surface area contributed by atoms with Crippen molar-refractivity contribution in [2.45, 2.75) is 31.2 Å². The maximum absolute atomic E-state index is 12.6. The Balaban J connectivity index is 1.67. The van der Waals surface area contributed by atoms with Crippen molar-refractivity contribution in [3.63, 3.8) is 0 Å². The zero-order valence-corrected chi connectivity index (χ0v) is 15.2. The van der Waals surface area contributed by atoms with E-state index in [0.29, 0.717) is 4.90 Å². The molecule has 0 saturated carbocycles. The molecule has 1 amide bonds. The maximum atomic E-state index is 12.6. The third-order valence-corrected chi connectivity index (χ3v) is 6.26. The highest BCUT2D eigenvalue weighted by Crippen LogP contribution is 2.31. The number of anilines is 2. The van der Waals surface area contributed by atoms with E-state index >= 15 is 0 Å². The number of benzene rings is 2. The molecule has 0 aliphatic carbocycles. The molecule has 0 radical (unpaired) electrons. The van der Waals surface area contributed by atoms with Crippen LogP contribution in [0.3, 0.4) is 0 Å². The Morgan fingerprint density at radius 3 is 2.52 bits per heavy atom. The SMILES string of the molecule is CCS(=O)(=O)c1ccc(NCC(=O)N2c3ccccc3C[C@H]2C)cc1. The Bertz CT molecular complexity index is 876. The largest absolute Gasteiger partial charge is 0.376 e. The number of nitrogens with one attached hydrogen (secondary N) is 1. The molecule has 0 unspecified atom stereocenters. The van der Waals surface area contributed by atoms with E-state index < -0.39 is 9.84 Å². The van der Waals surface area contributed by atoms with Crippen molar-refractivity contribution in [3.8, 4) is 0 Å². The van der Waals surface area contributed by atoms with Gasteiger partial charge in [-0.1, -0.05) is 25.1 Å². The lowest BCUT2D eigenvalue weighted by Crippen LogP contribution is -2.39. The van der Waals surface area contributed by atoms with E-state index in [0.717, 1.165) is 17.8 Å². The van der Waals surface area contributed by atoms with E-state index in [1.807, 2.05) is 30.0 Å². The Hall–Kier alpha value is -2.34. The first-order valence-corrected chi connectivity index (χ1v) is 10.0. The summed E-state index contributed by atoms with van der Waals surface area (Å²) in [7, 11) is -3.20. The van der Waals surface area contributed by atoms with Gasteiger partial charge in [-0.25, -0.2) is 8.42 Å². The number of carbonyl (C=O) groups is 1. The van der Waals surface area contributed by atoms with Crippen LogP contribution >= 0.6 is 0 Å². The van der Waals surface area contributed by atoms with Gasteiger partial charge in [0.05, 0.1) is 17.2 Å². The predicted molar refractivity (Wildman–Crippen MR) is 99.8 cm³/mol. The average Bonchev–Trinajstić information content (AvgIpc) is 2.96. The lowest BCUT2D eigenvalue weighted by molar-refractivity contribution is -0.117. The van der Waals surface area contributed by atoms with E-state index in [1.165, 1.54) is 5.56 Å². The first-order valence-electron chi connectivity index (χ1n) is 8.39. The number of nitrogens with zero attached hydrogens (tertiary/aromatic N) is 1. The van der Waals surface area contributed by atoms with Gasteiger partial charge < -0.3 is 10.2 Å². The topological polar surface area (TPSA) is 66.5 Å². The van der Waals surface area contributed by atoms with E-state index in [4.69, 9.17) is 0 Å². The van der Waals surface area contributed by atoms with Gasteiger partial charge in [0.1, 0.15) is 0 Å². The molecular weight excluding hydrogens is 336 g/mol. The van der Waals surface area contributed by atoms with Crippen molar-refractivity contribution in [2.75, 3.05) is 22.5 Å². The van der Waals surface area contributed by atoms with Crippen molar-refractivity contribution in [2.24, 2.45) is 0 Å². The third-order valence-electron chi connectivity index (χ3n) is 4.51. The van der Waals surface area contributed by atoms with Crippen LogP contribution in [0.1, 0.15) is 19.4 Å². The zero-order chi connectivity index (χ0) is 18.0. The van der Waals surface area contributed by atoms with Gasteiger partial charge in [-0.2, -0.15) is 0 Å². The number of fused-ring (bicyclic) bond motifs is 1. The summed E-state index contributed by atoms with van der Waals surface area (Å²) < 4.78 is 23.6. The van der Waals surface area contributed by atoms with Gasteiger partial charge in [-0.05, 0) is 49.2 Å². The molecule has 1 aliphatic heterocycles. The van der Waals surface area contributed by atoms with Crippen LogP contribution in [0.5, 0.6) is 0 Å². The van der Waals surface area contributed by atoms with E-state index in [2.05, 4.69) is 11.4 Å². The zero-order valence-electron chi connectivity index (χ0n) is 14.4. The monoisotopic (exact) mass is 358 g/mol. The summed E-state index contributed by atoms with van der Waals surface area (Å²) in [6.45, 7) is 3.83. The summed E-state index contributed by atoms with van der Waals surface area (Å²) in [5.74, 6) is 0.0764.